The second-order valence-corrected chi connectivity index (χ2v) is 6.07. The summed E-state index contributed by atoms with van der Waals surface area (Å²) in [5.41, 5.74) is 3.87. The van der Waals surface area contributed by atoms with Gasteiger partial charge in [0.25, 0.3) is 0 Å². The zero-order valence-corrected chi connectivity index (χ0v) is 14.1. The second-order valence-electron chi connectivity index (χ2n) is 6.07. The summed E-state index contributed by atoms with van der Waals surface area (Å²) < 4.78 is 13.0. The van der Waals surface area contributed by atoms with E-state index in [9.17, 15) is 9.18 Å². The van der Waals surface area contributed by atoms with E-state index in [1.807, 2.05) is 32.2 Å². The Morgan fingerprint density at radius 3 is 2.43 bits per heavy atom. The third kappa shape index (κ3) is 4.31. The summed E-state index contributed by atoms with van der Waals surface area (Å²) >= 11 is 0. The summed E-state index contributed by atoms with van der Waals surface area (Å²) in [6.45, 7) is 6.41. The van der Waals surface area contributed by atoms with Crippen LogP contribution in [0.3, 0.4) is 0 Å². The number of hydrogen-bond donors (Lipinski definition) is 1. The molecule has 23 heavy (non-hydrogen) atoms. The number of anilines is 2. The molecule has 0 unspecified atom stereocenters. The van der Waals surface area contributed by atoms with Crippen LogP contribution in [-0.2, 0) is 4.79 Å². The number of aryl methyl sites for hydroxylation is 1. The molecule has 3 nitrogen and oxygen atoms in total. The van der Waals surface area contributed by atoms with Crippen molar-refractivity contribution in [2.24, 2.45) is 0 Å². The van der Waals surface area contributed by atoms with Gasteiger partial charge in [0.15, 0.2) is 0 Å². The lowest BCUT2D eigenvalue weighted by molar-refractivity contribution is -0.114. The van der Waals surface area contributed by atoms with Crippen molar-refractivity contribution < 1.29 is 9.18 Å². The minimum atomic E-state index is -0.284. The summed E-state index contributed by atoms with van der Waals surface area (Å²) in [5.74, 6) is -0.0406. The Morgan fingerprint density at radius 2 is 1.83 bits per heavy atom. The number of nitrogens with one attached hydrogen (secondary N) is 1. The number of para-hydroxylation sites is 1. The van der Waals surface area contributed by atoms with Gasteiger partial charge in [-0.3, -0.25) is 4.79 Å². The van der Waals surface area contributed by atoms with E-state index in [4.69, 9.17) is 0 Å². The number of carbonyl (C=O) groups excluding carboxylic acids is 1. The molecule has 2 aromatic carbocycles. The molecule has 0 aliphatic carbocycles. The molecular formula is C19H23FN2O. The Bertz CT molecular complexity index is 680. The van der Waals surface area contributed by atoms with Crippen LogP contribution in [0.25, 0.3) is 0 Å². The van der Waals surface area contributed by atoms with Crippen LogP contribution in [0.5, 0.6) is 0 Å². The van der Waals surface area contributed by atoms with Gasteiger partial charge in [0.1, 0.15) is 5.82 Å². The normalized spacial score (nSPS) is 10.7. The second kappa shape index (κ2) is 7.27. The zero-order valence-electron chi connectivity index (χ0n) is 14.1. The highest BCUT2D eigenvalue weighted by molar-refractivity contribution is 5.95. The van der Waals surface area contributed by atoms with Crippen molar-refractivity contribution in [2.45, 2.75) is 26.7 Å². The van der Waals surface area contributed by atoms with Crippen LogP contribution in [0.2, 0.25) is 0 Å². The molecule has 122 valence electrons. The molecule has 1 N–H and O–H groups in total. The van der Waals surface area contributed by atoms with Gasteiger partial charge >= 0.3 is 0 Å². The highest BCUT2D eigenvalue weighted by Crippen LogP contribution is 2.27. The number of amides is 1. The lowest BCUT2D eigenvalue weighted by Crippen LogP contribution is -2.30. The first kappa shape index (κ1) is 17.0. The first-order valence-corrected chi connectivity index (χ1v) is 7.74. The van der Waals surface area contributed by atoms with Gasteiger partial charge in [-0.2, -0.15) is 0 Å². The van der Waals surface area contributed by atoms with Crippen molar-refractivity contribution in [2.75, 3.05) is 23.8 Å². The molecule has 0 spiro atoms. The average Bonchev–Trinajstić information content (AvgIpc) is 2.49. The van der Waals surface area contributed by atoms with Crippen molar-refractivity contribution in [3.63, 3.8) is 0 Å². The molecule has 0 heterocycles. The Kier molecular flexibility index (Phi) is 5.37. The van der Waals surface area contributed by atoms with Crippen molar-refractivity contribution in [3.05, 3.63) is 59.4 Å². The summed E-state index contributed by atoms with van der Waals surface area (Å²) in [5, 5.41) is 3.02. The van der Waals surface area contributed by atoms with Crippen molar-refractivity contribution in [3.8, 4) is 0 Å². The van der Waals surface area contributed by atoms with Gasteiger partial charge < -0.3 is 10.2 Å². The monoisotopic (exact) mass is 314 g/mol. The highest BCUT2D eigenvalue weighted by atomic mass is 19.1. The van der Waals surface area contributed by atoms with Gasteiger partial charge in [-0.25, -0.2) is 4.39 Å². The maximum atomic E-state index is 13.0. The number of hydrogen-bond acceptors (Lipinski definition) is 2. The summed E-state index contributed by atoms with van der Waals surface area (Å²) in [6, 6.07) is 12.1. The molecule has 4 heteroatoms. The van der Waals surface area contributed by atoms with E-state index >= 15 is 0 Å². The molecule has 0 saturated carbocycles. The van der Waals surface area contributed by atoms with Crippen LogP contribution in [-0.4, -0.2) is 19.5 Å². The van der Waals surface area contributed by atoms with Crippen LogP contribution in [0.1, 0.15) is 30.9 Å². The number of halogens is 1. The molecule has 0 saturated heterocycles. The highest BCUT2D eigenvalue weighted by Gasteiger charge is 2.13. The molecule has 2 rings (SSSR count). The predicted molar refractivity (Wildman–Crippen MR) is 93.6 cm³/mol. The summed E-state index contributed by atoms with van der Waals surface area (Å²) in [4.78, 5) is 14.2. The van der Waals surface area contributed by atoms with Gasteiger partial charge in [-0.1, -0.05) is 32.0 Å². The third-order valence-electron chi connectivity index (χ3n) is 3.84. The van der Waals surface area contributed by atoms with Crippen LogP contribution >= 0.6 is 0 Å². The number of rotatable bonds is 5. The van der Waals surface area contributed by atoms with E-state index < -0.39 is 0 Å². The van der Waals surface area contributed by atoms with Crippen LogP contribution in [0.4, 0.5) is 15.8 Å². The Labute approximate surface area is 137 Å². The largest absolute Gasteiger partial charge is 0.365 e. The lowest BCUT2D eigenvalue weighted by Gasteiger charge is -2.21. The van der Waals surface area contributed by atoms with Crippen molar-refractivity contribution in [1.29, 1.82) is 0 Å². The van der Waals surface area contributed by atoms with E-state index in [1.54, 1.807) is 17.0 Å². The van der Waals surface area contributed by atoms with Crippen LogP contribution < -0.4 is 10.2 Å². The Morgan fingerprint density at radius 1 is 1.17 bits per heavy atom. The SMILES string of the molecule is Cc1cccc(C(C)C)c1NC(=O)CN(C)c1ccc(F)cc1. The molecular weight excluding hydrogens is 291 g/mol. The minimum absolute atomic E-state index is 0.0898. The smallest absolute Gasteiger partial charge is 0.243 e. The minimum Gasteiger partial charge on any atom is -0.365 e. The van der Waals surface area contributed by atoms with E-state index in [1.165, 1.54) is 12.1 Å². The number of carbonyl (C=O) groups is 1. The average molecular weight is 314 g/mol. The van der Waals surface area contributed by atoms with Crippen molar-refractivity contribution in [1.82, 2.24) is 0 Å². The quantitative estimate of drug-likeness (QED) is 0.891. The summed E-state index contributed by atoms with van der Waals surface area (Å²) in [6.07, 6.45) is 0. The van der Waals surface area contributed by atoms with Gasteiger partial charge in [-0.15, -0.1) is 0 Å². The fourth-order valence-corrected chi connectivity index (χ4v) is 2.52. The van der Waals surface area contributed by atoms with Crippen molar-refractivity contribution >= 4 is 17.3 Å². The zero-order chi connectivity index (χ0) is 17.0. The Balaban J connectivity index is 2.09. The molecule has 2 aromatic rings. The third-order valence-corrected chi connectivity index (χ3v) is 3.84. The maximum Gasteiger partial charge on any atom is 0.243 e. The first-order chi connectivity index (χ1) is 10.9. The van der Waals surface area contributed by atoms with Gasteiger partial charge in [0.05, 0.1) is 6.54 Å². The molecule has 0 fully saturated rings. The number of likely N-dealkylation sites (N-methyl/N-ethyl adjacent to an activating group) is 1. The maximum absolute atomic E-state index is 13.0. The fourth-order valence-electron chi connectivity index (χ4n) is 2.52. The first-order valence-electron chi connectivity index (χ1n) is 7.74. The predicted octanol–water partition coefficient (Wildman–Crippen LogP) is 4.33. The van der Waals surface area contributed by atoms with E-state index in [0.29, 0.717) is 5.92 Å². The molecule has 1 amide bonds. The lowest BCUT2D eigenvalue weighted by atomic mass is 9.98. The molecule has 0 bridgehead atoms. The Hall–Kier alpha value is -2.36. The standard InChI is InChI=1S/C19H23FN2O/c1-13(2)17-7-5-6-14(3)19(17)21-18(23)12-22(4)16-10-8-15(20)9-11-16/h5-11,13H,12H2,1-4H3,(H,21,23). The number of benzene rings is 2. The van der Waals surface area contributed by atoms with E-state index in [-0.39, 0.29) is 18.3 Å². The molecule has 0 aliphatic heterocycles. The molecule has 0 aromatic heterocycles. The van der Waals surface area contributed by atoms with Gasteiger partial charge in [-0.05, 0) is 48.2 Å². The van der Waals surface area contributed by atoms with Gasteiger partial charge in [0, 0.05) is 18.4 Å². The van der Waals surface area contributed by atoms with E-state index in [2.05, 4.69) is 19.2 Å². The summed E-state index contributed by atoms with van der Waals surface area (Å²) in [7, 11) is 1.81. The van der Waals surface area contributed by atoms with Crippen LogP contribution in [0.15, 0.2) is 42.5 Å². The van der Waals surface area contributed by atoms with Gasteiger partial charge in [0.2, 0.25) is 5.91 Å². The molecule has 0 aliphatic rings. The number of nitrogens with zero attached hydrogens (tertiary/aromatic N) is 1. The topological polar surface area (TPSA) is 32.3 Å². The van der Waals surface area contributed by atoms with E-state index in [0.717, 1.165) is 22.5 Å². The fraction of sp³-hybridized carbons (Fsp3) is 0.316. The molecule has 0 atom stereocenters. The van der Waals surface area contributed by atoms with Crippen LogP contribution in [0, 0.1) is 12.7 Å². The molecule has 0 radical (unpaired) electrons.